The number of benzene rings is 11. The van der Waals surface area contributed by atoms with Gasteiger partial charge in [-0.05, 0) is 136 Å². The molecule has 0 bridgehead atoms. The lowest BCUT2D eigenvalue weighted by molar-refractivity contribution is 0.660. The van der Waals surface area contributed by atoms with E-state index in [1.54, 1.807) is 0 Å². The second kappa shape index (κ2) is 13.6. The number of rotatable bonds is 4. The van der Waals surface area contributed by atoms with E-state index in [9.17, 15) is 0 Å². The van der Waals surface area contributed by atoms with Gasteiger partial charge in [0.2, 0.25) is 0 Å². The van der Waals surface area contributed by atoms with Crippen molar-refractivity contribution in [3.8, 4) is 44.5 Å². The molecule has 0 saturated carbocycles. The maximum Gasteiger partial charge on any atom is 0.160 e. The zero-order valence-corrected chi connectivity index (χ0v) is 37.7. The van der Waals surface area contributed by atoms with E-state index in [-0.39, 0.29) is 5.41 Å². The standard InChI is InChI=1S/C66H43NO/c1-65(2)55-23-11-7-19-48(55)52-32-30-44(38-59(52)65)67(45-31-33-53-51-22-10-14-26-58(51)66(60(53)39-45)56-24-12-8-20-49(56)50-21-9-13-25-57(50)66)63-47(43-28-27-40-15-3-4-17-42(40)37-43)34-35-54-62-46-18-6-5-16-41(46)29-36-61(62)68-64(54)63/h3-39H,1-2H3. The molecule has 318 valence electrons. The molecule has 2 nitrogen and oxygen atoms in total. The Bertz CT molecular complexity index is 4080. The van der Waals surface area contributed by atoms with Crippen LogP contribution in [0.2, 0.25) is 0 Å². The fourth-order valence-electron chi connectivity index (χ4n) is 12.9. The van der Waals surface area contributed by atoms with Gasteiger partial charge in [0, 0.05) is 33.1 Å². The molecule has 1 heterocycles. The Balaban J connectivity index is 1.08. The molecule has 0 atom stereocenters. The van der Waals surface area contributed by atoms with E-state index in [0.29, 0.717) is 0 Å². The van der Waals surface area contributed by atoms with Crippen LogP contribution >= 0.6 is 0 Å². The highest BCUT2D eigenvalue weighted by molar-refractivity contribution is 6.22. The molecule has 3 aliphatic rings. The highest BCUT2D eigenvalue weighted by Crippen LogP contribution is 2.64. The van der Waals surface area contributed by atoms with Crippen molar-refractivity contribution in [2.75, 3.05) is 4.90 Å². The Morgan fingerprint density at radius 2 is 0.853 bits per heavy atom. The van der Waals surface area contributed by atoms with Crippen LogP contribution in [-0.4, -0.2) is 0 Å². The molecule has 0 aliphatic heterocycles. The Labute approximate surface area is 395 Å². The van der Waals surface area contributed by atoms with E-state index < -0.39 is 5.41 Å². The van der Waals surface area contributed by atoms with Crippen LogP contribution in [0.15, 0.2) is 229 Å². The normalized spacial score (nSPS) is 14.3. The predicted molar refractivity (Wildman–Crippen MR) is 283 cm³/mol. The number of fused-ring (bicyclic) bond motifs is 19. The summed E-state index contributed by atoms with van der Waals surface area (Å²) < 4.78 is 7.34. The SMILES string of the molecule is CC1(C)c2ccccc2-c2ccc(N(c3ccc4c(c3)C3(c5ccccc5-c5ccccc53)c3ccccc3-4)c3c(-c4ccc5ccccc5c4)ccc4c3oc3ccc5ccccc5c34)cc21. The Hall–Kier alpha value is -8.46. The highest BCUT2D eigenvalue weighted by atomic mass is 16.3. The average molecular weight is 866 g/mol. The highest BCUT2D eigenvalue weighted by Gasteiger charge is 2.52. The van der Waals surface area contributed by atoms with E-state index >= 15 is 0 Å². The first-order valence-corrected chi connectivity index (χ1v) is 23.8. The van der Waals surface area contributed by atoms with Gasteiger partial charge in [0.15, 0.2) is 5.58 Å². The molecule has 0 N–H and O–H groups in total. The molecule has 15 rings (SSSR count). The lowest BCUT2D eigenvalue weighted by Gasteiger charge is -2.33. The Kier molecular flexibility index (Phi) is 7.53. The summed E-state index contributed by atoms with van der Waals surface area (Å²) in [7, 11) is 0. The summed E-state index contributed by atoms with van der Waals surface area (Å²) in [5, 5.41) is 7.03. The van der Waals surface area contributed by atoms with Gasteiger partial charge in [-0.25, -0.2) is 0 Å². The van der Waals surface area contributed by atoms with Gasteiger partial charge in [-0.3, -0.25) is 0 Å². The van der Waals surface area contributed by atoms with Crippen molar-refractivity contribution in [1.29, 1.82) is 0 Å². The van der Waals surface area contributed by atoms with Gasteiger partial charge in [0.25, 0.3) is 0 Å². The van der Waals surface area contributed by atoms with E-state index in [4.69, 9.17) is 4.42 Å². The minimum atomic E-state index is -0.506. The van der Waals surface area contributed by atoms with Crippen molar-refractivity contribution in [2.45, 2.75) is 24.7 Å². The molecular weight excluding hydrogens is 823 g/mol. The van der Waals surface area contributed by atoms with E-state index in [0.717, 1.165) is 50.1 Å². The second-order valence-electron chi connectivity index (χ2n) is 19.5. The summed E-state index contributed by atoms with van der Waals surface area (Å²) >= 11 is 0. The fourth-order valence-corrected chi connectivity index (χ4v) is 12.9. The monoisotopic (exact) mass is 865 g/mol. The lowest BCUT2D eigenvalue weighted by atomic mass is 9.70. The van der Waals surface area contributed by atoms with Crippen molar-refractivity contribution < 1.29 is 4.42 Å². The Morgan fingerprint density at radius 3 is 1.53 bits per heavy atom. The predicted octanol–water partition coefficient (Wildman–Crippen LogP) is 17.7. The van der Waals surface area contributed by atoms with Crippen LogP contribution in [0.3, 0.4) is 0 Å². The van der Waals surface area contributed by atoms with E-state index in [2.05, 4.69) is 243 Å². The van der Waals surface area contributed by atoms with Crippen LogP contribution in [-0.2, 0) is 10.8 Å². The van der Waals surface area contributed by atoms with Crippen molar-refractivity contribution in [3.63, 3.8) is 0 Å². The first-order chi connectivity index (χ1) is 33.5. The van der Waals surface area contributed by atoms with Crippen molar-refractivity contribution in [3.05, 3.63) is 258 Å². The summed E-state index contributed by atoms with van der Waals surface area (Å²) in [4.78, 5) is 2.53. The zero-order chi connectivity index (χ0) is 44.9. The molecule has 11 aromatic carbocycles. The third kappa shape index (κ3) is 4.86. The molecular formula is C66H43NO. The fraction of sp³-hybridized carbons (Fsp3) is 0.0606. The summed E-state index contributed by atoms with van der Waals surface area (Å²) in [5.74, 6) is 0. The number of anilines is 3. The topological polar surface area (TPSA) is 16.4 Å². The second-order valence-corrected chi connectivity index (χ2v) is 19.5. The van der Waals surface area contributed by atoms with E-state index in [1.807, 2.05) is 0 Å². The van der Waals surface area contributed by atoms with Gasteiger partial charge in [-0.15, -0.1) is 0 Å². The third-order valence-electron chi connectivity index (χ3n) is 15.9. The van der Waals surface area contributed by atoms with Crippen LogP contribution in [0.1, 0.15) is 47.2 Å². The molecule has 0 saturated heterocycles. The third-order valence-corrected chi connectivity index (χ3v) is 15.9. The lowest BCUT2D eigenvalue weighted by Crippen LogP contribution is -2.26. The summed E-state index contributed by atoms with van der Waals surface area (Å²) in [6.45, 7) is 4.76. The van der Waals surface area contributed by atoms with Crippen LogP contribution in [0.4, 0.5) is 17.1 Å². The van der Waals surface area contributed by atoms with E-state index in [1.165, 1.54) is 88.3 Å². The van der Waals surface area contributed by atoms with Crippen molar-refractivity contribution in [1.82, 2.24) is 0 Å². The van der Waals surface area contributed by atoms with Gasteiger partial charge in [0.1, 0.15) is 5.58 Å². The summed E-state index contributed by atoms with van der Waals surface area (Å²) in [6, 6.07) is 83.9. The minimum Gasteiger partial charge on any atom is -0.454 e. The largest absolute Gasteiger partial charge is 0.454 e. The van der Waals surface area contributed by atoms with Gasteiger partial charge >= 0.3 is 0 Å². The molecule has 0 fully saturated rings. The summed E-state index contributed by atoms with van der Waals surface area (Å²) in [6.07, 6.45) is 0. The number of furan rings is 1. The van der Waals surface area contributed by atoms with Crippen molar-refractivity contribution in [2.24, 2.45) is 0 Å². The summed E-state index contributed by atoms with van der Waals surface area (Å²) in [5.41, 5.74) is 22.1. The zero-order valence-electron chi connectivity index (χ0n) is 37.7. The average Bonchev–Trinajstić information content (AvgIpc) is 4.09. The molecule has 0 unspecified atom stereocenters. The van der Waals surface area contributed by atoms with Crippen LogP contribution in [0.25, 0.3) is 88.0 Å². The molecule has 3 aliphatic carbocycles. The maximum atomic E-state index is 7.34. The smallest absolute Gasteiger partial charge is 0.160 e. The van der Waals surface area contributed by atoms with Gasteiger partial charge in [0.05, 0.1) is 11.1 Å². The minimum absolute atomic E-state index is 0.208. The van der Waals surface area contributed by atoms with Crippen LogP contribution in [0.5, 0.6) is 0 Å². The molecule has 1 spiro atoms. The molecule has 12 aromatic rings. The molecule has 2 heteroatoms. The van der Waals surface area contributed by atoms with Crippen molar-refractivity contribution >= 4 is 60.5 Å². The molecule has 0 amide bonds. The maximum absolute atomic E-state index is 7.34. The Morgan fingerprint density at radius 1 is 0.353 bits per heavy atom. The van der Waals surface area contributed by atoms with Gasteiger partial charge in [-0.1, -0.05) is 196 Å². The molecule has 1 aromatic heterocycles. The van der Waals surface area contributed by atoms with Crippen LogP contribution in [0, 0.1) is 0 Å². The first-order valence-electron chi connectivity index (χ1n) is 23.8. The van der Waals surface area contributed by atoms with Crippen LogP contribution < -0.4 is 4.90 Å². The quantitative estimate of drug-likeness (QED) is 0.175. The van der Waals surface area contributed by atoms with Gasteiger partial charge in [-0.2, -0.15) is 0 Å². The van der Waals surface area contributed by atoms with Gasteiger partial charge < -0.3 is 9.32 Å². The molecule has 68 heavy (non-hydrogen) atoms. The number of hydrogen-bond acceptors (Lipinski definition) is 2. The number of hydrogen-bond donors (Lipinski definition) is 0. The molecule has 0 radical (unpaired) electrons. The first kappa shape index (κ1) is 37.7. The number of nitrogens with zero attached hydrogens (tertiary/aromatic N) is 1.